The summed E-state index contributed by atoms with van der Waals surface area (Å²) in [4.78, 5) is 5.16. The lowest BCUT2D eigenvalue weighted by Crippen LogP contribution is -1.96. The Labute approximate surface area is 202 Å². The minimum atomic E-state index is 0.976. The fraction of sp³-hybridized carbons (Fsp3) is 0.0606. The van der Waals surface area contributed by atoms with Crippen LogP contribution < -0.4 is 0 Å². The first kappa shape index (κ1) is 18.0. The fourth-order valence-corrected chi connectivity index (χ4v) is 6.71. The molecule has 0 radical (unpaired) electrons. The molecule has 0 saturated carbocycles. The molecule has 9 rings (SSSR count). The standard InChI is InChI=1S/C33H20N2/c1-4-10-23-19(7-1)15-21-17-28-27(18-25(21)23)32-26-16-20-8-2-3-9-22(20)24(26)13-14-31(32)35-30-12-6-5-11-29(30)34-33(28)35/h1-14,17-18H,15-16H2. The average molecular weight is 445 g/mol. The maximum Gasteiger partial charge on any atom is 0.146 e. The molecule has 5 aromatic carbocycles. The molecule has 2 heterocycles. The van der Waals surface area contributed by atoms with Gasteiger partial charge in [-0.1, -0.05) is 66.7 Å². The van der Waals surface area contributed by atoms with E-state index >= 15 is 0 Å². The van der Waals surface area contributed by atoms with Crippen molar-refractivity contribution in [3.63, 3.8) is 0 Å². The van der Waals surface area contributed by atoms with Crippen molar-refractivity contribution in [1.82, 2.24) is 9.38 Å². The zero-order valence-electron chi connectivity index (χ0n) is 19.0. The van der Waals surface area contributed by atoms with Crippen LogP contribution in [0.15, 0.2) is 97.1 Å². The van der Waals surface area contributed by atoms with Crippen molar-refractivity contribution in [1.29, 1.82) is 0 Å². The maximum absolute atomic E-state index is 5.16. The third kappa shape index (κ3) is 2.18. The molecule has 7 aromatic rings. The lowest BCUT2D eigenvalue weighted by Gasteiger charge is -2.15. The molecule has 2 aliphatic rings. The van der Waals surface area contributed by atoms with Crippen molar-refractivity contribution in [2.45, 2.75) is 12.8 Å². The monoisotopic (exact) mass is 444 g/mol. The number of nitrogens with zero attached hydrogens (tertiary/aromatic N) is 2. The number of imidazole rings is 1. The second-order valence-electron chi connectivity index (χ2n) is 9.97. The van der Waals surface area contributed by atoms with E-state index in [9.17, 15) is 0 Å². The predicted octanol–water partition coefficient (Wildman–Crippen LogP) is 7.94. The molecule has 2 aromatic heterocycles. The fourth-order valence-electron chi connectivity index (χ4n) is 6.71. The highest BCUT2D eigenvalue weighted by Crippen LogP contribution is 2.46. The van der Waals surface area contributed by atoms with E-state index in [1.165, 1.54) is 71.7 Å². The van der Waals surface area contributed by atoms with E-state index in [-0.39, 0.29) is 0 Å². The molecule has 0 atom stereocenters. The second kappa shape index (κ2) is 6.17. The number of fused-ring (bicyclic) bond motifs is 15. The summed E-state index contributed by atoms with van der Waals surface area (Å²) in [6.45, 7) is 0. The Morgan fingerprint density at radius 2 is 1.29 bits per heavy atom. The Balaban J connectivity index is 1.53. The van der Waals surface area contributed by atoms with Gasteiger partial charge in [0.2, 0.25) is 0 Å². The summed E-state index contributed by atoms with van der Waals surface area (Å²) < 4.78 is 2.39. The molecular weight excluding hydrogens is 424 g/mol. The van der Waals surface area contributed by atoms with Gasteiger partial charge in [-0.15, -0.1) is 0 Å². The smallest absolute Gasteiger partial charge is 0.146 e. The summed E-state index contributed by atoms with van der Waals surface area (Å²) in [7, 11) is 0. The zero-order chi connectivity index (χ0) is 22.7. The summed E-state index contributed by atoms with van der Waals surface area (Å²) in [6.07, 6.45) is 1.97. The maximum atomic E-state index is 5.16. The normalized spacial score (nSPS) is 13.5. The Morgan fingerprint density at radius 3 is 2.17 bits per heavy atom. The van der Waals surface area contributed by atoms with Crippen LogP contribution in [-0.4, -0.2) is 9.38 Å². The largest absolute Gasteiger partial charge is 0.292 e. The van der Waals surface area contributed by atoms with Gasteiger partial charge in [-0.3, -0.25) is 4.40 Å². The van der Waals surface area contributed by atoms with Crippen LogP contribution in [0.25, 0.3) is 60.6 Å². The van der Waals surface area contributed by atoms with E-state index in [0.717, 1.165) is 24.0 Å². The highest BCUT2D eigenvalue weighted by Gasteiger charge is 2.26. The lowest BCUT2D eigenvalue weighted by atomic mass is 9.94. The van der Waals surface area contributed by atoms with E-state index < -0.39 is 0 Å². The first-order valence-electron chi connectivity index (χ1n) is 12.3. The molecular formula is C33H20N2. The number of aromatic nitrogens is 2. The molecule has 0 unspecified atom stereocenters. The molecule has 0 aliphatic heterocycles. The number of rotatable bonds is 0. The van der Waals surface area contributed by atoms with Gasteiger partial charge in [0.1, 0.15) is 5.65 Å². The van der Waals surface area contributed by atoms with Gasteiger partial charge in [-0.2, -0.15) is 0 Å². The number of para-hydroxylation sites is 2. The van der Waals surface area contributed by atoms with E-state index in [0.29, 0.717) is 0 Å². The minimum Gasteiger partial charge on any atom is -0.292 e. The molecule has 0 fully saturated rings. The molecule has 0 N–H and O–H groups in total. The highest BCUT2D eigenvalue weighted by atomic mass is 15.0. The molecule has 2 nitrogen and oxygen atoms in total. The van der Waals surface area contributed by atoms with Crippen LogP contribution in [0.4, 0.5) is 0 Å². The molecule has 0 spiro atoms. The number of benzene rings is 5. The van der Waals surface area contributed by atoms with Crippen molar-refractivity contribution in [2.75, 3.05) is 0 Å². The van der Waals surface area contributed by atoms with Gasteiger partial charge in [0, 0.05) is 10.8 Å². The van der Waals surface area contributed by atoms with Crippen LogP contribution in [0.2, 0.25) is 0 Å². The van der Waals surface area contributed by atoms with Crippen molar-refractivity contribution < 1.29 is 0 Å². The van der Waals surface area contributed by atoms with E-state index in [1.807, 2.05) is 0 Å². The van der Waals surface area contributed by atoms with Crippen molar-refractivity contribution in [3.05, 3.63) is 119 Å². The number of hydrogen-bond acceptors (Lipinski definition) is 1. The Hall–Kier alpha value is -4.43. The SMILES string of the molecule is c1ccc2c(c1)Cc1cc3c(cc1-2)c1c2c(ccc1n1c4ccccc4nc31)-c1ccccc1C2. The molecule has 162 valence electrons. The van der Waals surface area contributed by atoms with Gasteiger partial charge in [-0.05, 0) is 93.1 Å². The van der Waals surface area contributed by atoms with Gasteiger partial charge in [0.15, 0.2) is 0 Å². The van der Waals surface area contributed by atoms with Gasteiger partial charge in [-0.25, -0.2) is 4.98 Å². The first-order valence-corrected chi connectivity index (χ1v) is 12.3. The highest BCUT2D eigenvalue weighted by molar-refractivity contribution is 6.18. The summed E-state index contributed by atoms with van der Waals surface area (Å²) in [5.74, 6) is 0. The van der Waals surface area contributed by atoms with Crippen molar-refractivity contribution in [3.8, 4) is 22.3 Å². The molecule has 0 bridgehead atoms. The van der Waals surface area contributed by atoms with E-state index in [1.54, 1.807) is 0 Å². The number of hydrogen-bond donors (Lipinski definition) is 0. The summed E-state index contributed by atoms with van der Waals surface area (Å²) in [5, 5.41) is 3.95. The molecule has 35 heavy (non-hydrogen) atoms. The van der Waals surface area contributed by atoms with Crippen LogP contribution >= 0.6 is 0 Å². The Kier molecular flexibility index (Phi) is 3.16. The summed E-state index contributed by atoms with van der Waals surface area (Å²) in [5.41, 5.74) is 15.7. The second-order valence-corrected chi connectivity index (χ2v) is 9.97. The van der Waals surface area contributed by atoms with Crippen LogP contribution in [0.5, 0.6) is 0 Å². The van der Waals surface area contributed by atoms with Crippen molar-refractivity contribution >= 4 is 38.4 Å². The Bertz CT molecular complexity index is 2060. The van der Waals surface area contributed by atoms with E-state index in [4.69, 9.17) is 4.98 Å². The minimum absolute atomic E-state index is 0.976. The predicted molar refractivity (Wildman–Crippen MR) is 144 cm³/mol. The van der Waals surface area contributed by atoms with Gasteiger partial charge in [0.05, 0.1) is 16.6 Å². The third-order valence-corrected chi connectivity index (χ3v) is 8.21. The van der Waals surface area contributed by atoms with Crippen LogP contribution in [0, 0.1) is 0 Å². The van der Waals surface area contributed by atoms with Crippen LogP contribution in [-0.2, 0) is 12.8 Å². The van der Waals surface area contributed by atoms with Crippen molar-refractivity contribution in [2.24, 2.45) is 0 Å². The Morgan fingerprint density at radius 1 is 0.543 bits per heavy atom. The number of pyridine rings is 1. The molecule has 2 heteroatoms. The molecule has 0 amide bonds. The molecule has 2 aliphatic carbocycles. The summed E-state index contributed by atoms with van der Waals surface area (Å²) in [6, 6.07) is 35.8. The van der Waals surface area contributed by atoms with E-state index in [2.05, 4.69) is 101 Å². The zero-order valence-corrected chi connectivity index (χ0v) is 19.0. The van der Waals surface area contributed by atoms with Gasteiger partial charge < -0.3 is 0 Å². The lowest BCUT2D eigenvalue weighted by molar-refractivity contribution is 1.26. The third-order valence-electron chi connectivity index (χ3n) is 8.21. The van der Waals surface area contributed by atoms with Crippen LogP contribution in [0.3, 0.4) is 0 Å². The molecule has 0 saturated heterocycles. The first-order chi connectivity index (χ1) is 17.3. The summed E-state index contributed by atoms with van der Waals surface area (Å²) >= 11 is 0. The quantitative estimate of drug-likeness (QED) is 0.217. The van der Waals surface area contributed by atoms with Gasteiger partial charge in [0.25, 0.3) is 0 Å². The topological polar surface area (TPSA) is 17.3 Å². The average Bonchev–Trinajstić information content (AvgIpc) is 3.58. The van der Waals surface area contributed by atoms with Crippen LogP contribution in [0.1, 0.15) is 22.3 Å². The van der Waals surface area contributed by atoms with Gasteiger partial charge >= 0.3 is 0 Å².